The summed E-state index contributed by atoms with van der Waals surface area (Å²) in [7, 11) is 3.39. The number of nitrogens with one attached hydrogen (secondary N) is 2. The quantitative estimate of drug-likeness (QED) is 0.257. The van der Waals surface area contributed by atoms with Crippen molar-refractivity contribution < 1.29 is 14.3 Å². The number of halogens is 1. The molecule has 2 N–H and O–H groups in total. The fraction of sp³-hybridized carbons (Fsp3) is 0.500. The lowest BCUT2D eigenvalue weighted by Gasteiger charge is -2.33. The molecule has 30 heavy (non-hydrogen) atoms. The van der Waals surface area contributed by atoms with Crippen molar-refractivity contribution >= 4 is 35.9 Å². The normalized spacial score (nSPS) is 14.8. The maximum Gasteiger partial charge on any atom is 0.309 e. The molecule has 0 amide bonds. The van der Waals surface area contributed by atoms with Gasteiger partial charge in [0.25, 0.3) is 0 Å². The van der Waals surface area contributed by atoms with Crippen LogP contribution in [0.3, 0.4) is 0 Å². The summed E-state index contributed by atoms with van der Waals surface area (Å²) >= 11 is 0. The van der Waals surface area contributed by atoms with E-state index >= 15 is 0 Å². The topological polar surface area (TPSA) is 105 Å². The molecule has 1 aromatic heterocycles. The fourth-order valence-corrected chi connectivity index (χ4v) is 3.33. The number of aliphatic imine (C=N–C) groups is 1. The molecule has 0 unspecified atom stereocenters. The molecule has 2 heterocycles. The molecule has 3 rings (SSSR count). The fourth-order valence-electron chi connectivity index (χ4n) is 3.33. The Hall–Kier alpha value is -2.37. The molecule has 164 valence electrons. The van der Waals surface area contributed by atoms with Crippen LogP contribution in [0.15, 0.2) is 29.3 Å². The number of nitrogens with zero attached hydrogens (tertiary/aromatic N) is 4. The van der Waals surface area contributed by atoms with Gasteiger partial charge >= 0.3 is 5.97 Å². The number of methoxy groups -OCH3 is 1. The number of likely N-dealkylation sites (tertiary alicyclic amines) is 1. The van der Waals surface area contributed by atoms with Crippen LogP contribution in [0, 0.1) is 5.92 Å². The molecule has 1 saturated heterocycles. The predicted molar refractivity (Wildman–Crippen MR) is 125 cm³/mol. The number of aromatic nitrogens is 3. The molecule has 10 heteroatoms. The van der Waals surface area contributed by atoms with Crippen LogP contribution in [0.2, 0.25) is 0 Å². The highest BCUT2D eigenvalue weighted by molar-refractivity contribution is 14.0. The molecule has 1 aliphatic heterocycles. The van der Waals surface area contributed by atoms with Crippen molar-refractivity contribution in [2.45, 2.75) is 26.3 Å². The first-order valence-electron chi connectivity index (χ1n) is 9.82. The summed E-state index contributed by atoms with van der Waals surface area (Å²) in [6.45, 7) is 4.27. The van der Waals surface area contributed by atoms with E-state index in [1.165, 1.54) is 0 Å². The Morgan fingerprint density at radius 1 is 1.30 bits per heavy atom. The predicted octanol–water partition coefficient (Wildman–Crippen LogP) is 2.45. The number of H-pyrrole nitrogens is 1. The van der Waals surface area contributed by atoms with Gasteiger partial charge in [-0.3, -0.25) is 14.9 Å². The van der Waals surface area contributed by atoms with E-state index < -0.39 is 0 Å². The zero-order valence-electron chi connectivity index (χ0n) is 17.6. The van der Waals surface area contributed by atoms with Crippen molar-refractivity contribution in [2.24, 2.45) is 10.9 Å². The van der Waals surface area contributed by atoms with Crippen LogP contribution in [0.5, 0.6) is 5.75 Å². The van der Waals surface area contributed by atoms with E-state index in [0.717, 1.165) is 49.0 Å². The van der Waals surface area contributed by atoms with Crippen molar-refractivity contribution in [3.63, 3.8) is 0 Å². The Morgan fingerprint density at radius 2 is 2.00 bits per heavy atom. The number of carbonyl (C=O) groups is 1. The molecule has 0 bridgehead atoms. The minimum absolute atomic E-state index is 0. The average Bonchev–Trinajstić information content (AvgIpc) is 3.24. The molecule has 9 nitrogen and oxygen atoms in total. The van der Waals surface area contributed by atoms with E-state index in [9.17, 15) is 4.79 Å². The van der Waals surface area contributed by atoms with E-state index in [1.54, 1.807) is 14.2 Å². The number of benzene rings is 1. The van der Waals surface area contributed by atoms with Gasteiger partial charge in [0, 0.05) is 25.7 Å². The summed E-state index contributed by atoms with van der Waals surface area (Å²) in [5.41, 5.74) is 0.915. The van der Waals surface area contributed by atoms with Gasteiger partial charge in [-0.1, -0.05) is 0 Å². The van der Waals surface area contributed by atoms with Gasteiger partial charge in [-0.25, -0.2) is 4.98 Å². The summed E-state index contributed by atoms with van der Waals surface area (Å²) in [6, 6.07) is 7.61. The van der Waals surface area contributed by atoms with Gasteiger partial charge in [0.05, 0.1) is 26.2 Å². The average molecular weight is 528 g/mol. The van der Waals surface area contributed by atoms with Crippen LogP contribution in [0.25, 0.3) is 11.4 Å². The lowest BCUT2D eigenvalue weighted by molar-refractivity contribution is -0.149. The minimum Gasteiger partial charge on any atom is -0.497 e. The Labute approximate surface area is 193 Å². The number of ether oxygens (including phenoxy) is 2. The van der Waals surface area contributed by atoms with E-state index in [2.05, 4.69) is 30.4 Å². The van der Waals surface area contributed by atoms with Crippen molar-refractivity contribution in [1.29, 1.82) is 0 Å². The second kappa shape index (κ2) is 11.7. The first kappa shape index (κ1) is 23.9. The Kier molecular flexibility index (Phi) is 9.34. The van der Waals surface area contributed by atoms with Gasteiger partial charge in [-0.05, 0) is 44.0 Å². The highest BCUT2D eigenvalue weighted by Crippen LogP contribution is 2.20. The largest absolute Gasteiger partial charge is 0.497 e. The van der Waals surface area contributed by atoms with Crippen LogP contribution in [0.1, 0.15) is 25.6 Å². The number of hydrogen-bond donors (Lipinski definition) is 2. The molecular weight excluding hydrogens is 499 g/mol. The Bertz CT molecular complexity index is 831. The van der Waals surface area contributed by atoms with Gasteiger partial charge in [0.15, 0.2) is 11.8 Å². The van der Waals surface area contributed by atoms with Gasteiger partial charge in [0.1, 0.15) is 11.6 Å². The summed E-state index contributed by atoms with van der Waals surface area (Å²) in [5, 5.41) is 10.6. The number of hydrogen-bond acceptors (Lipinski definition) is 6. The van der Waals surface area contributed by atoms with E-state index in [0.29, 0.717) is 19.0 Å². The summed E-state index contributed by atoms with van der Waals surface area (Å²) in [5.74, 6) is 2.82. The number of carbonyl (C=O) groups excluding carboxylic acids is 1. The van der Waals surface area contributed by atoms with Crippen LogP contribution in [-0.2, 0) is 16.1 Å². The van der Waals surface area contributed by atoms with Gasteiger partial charge in [-0.2, -0.15) is 5.10 Å². The van der Waals surface area contributed by atoms with Gasteiger partial charge < -0.3 is 19.7 Å². The van der Waals surface area contributed by atoms with E-state index in [-0.39, 0.29) is 35.9 Å². The zero-order chi connectivity index (χ0) is 20.6. The van der Waals surface area contributed by atoms with Gasteiger partial charge in [0.2, 0.25) is 0 Å². The highest BCUT2D eigenvalue weighted by atomic mass is 127. The number of aromatic amines is 1. The summed E-state index contributed by atoms with van der Waals surface area (Å²) < 4.78 is 10.3. The molecule has 0 saturated carbocycles. The van der Waals surface area contributed by atoms with Crippen LogP contribution in [0.4, 0.5) is 0 Å². The molecule has 1 fully saturated rings. The van der Waals surface area contributed by atoms with Crippen LogP contribution < -0.4 is 10.1 Å². The van der Waals surface area contributed by atoms with Crippen molar-refractivity contribution in [1.82, 2.24) is 25.4 Å². The molecule has 0 atom stereocenters. The third-order valence-corrected chi connectivity index (χ3v) is 4.92. The molecule has 0 aliphatic carbocycles. The maximum absolute atomic E-state index is 11.9. The van der Waals surface area contributed by atoms with Crippen molar-refractivity contribution in [3.8, 4) is 17.1 Å². The molecule has 2 aromatic rings. The maximum atomic E-state index is 11.9. The smallest absolute Gasteiger partial charge is 0.309 e. The standard InChI is InChI=1S/C20H28N6O3.HI/c1-4-29-19(27)15-9-11-26(12-10-15)20(21-2)22-13-17-23-18(25-24-17)14-5-7-16(28-3)8-6-14;/h5-8,15H,4,9-13H2,1-3H3,(H,21,22)(H,23,24,25);1H. The molecule has 1 aromatic carbocycles. The lowest BCUT2D eigenvalue weighted by Crippen LogP contribution is -2.46. The first-order chi connectivity index (χ1) is 14.1. The lowest BCUT2D eigenvalue weighted by atomic mass is 9.97. The molecular formula is C20H29IN6O3. The first-order valence-corrected chi connectivity index (χ1v) is 9.82. The van der Waals surface area contributed by atoms with Crippen molar-refractivity contribution in [2.75, 3.05) is 33.9 Å². The molecule has 0 radical (unpaired) electrons. The molecule has 1 aliphatic rings. The monoisotopic (exact) mass is 528 g/mol. The number of piperidine rings is 1. The van der Waals surface area contributed by atoms with E-state index in [1.807, 2.05) is 31.2 Å². The summed E-state index contributed by atoms with van der Waals surface area (Å²) in [4.78, 5) is 22.9. The highest BCUT2D eigenvalue weighted by Gasteiger charge is 2.27. The van der Waals surface area contributed by atoms with Crippen LogP contribution in [-0.4, -0.2) is 65.9 Å². The number of esters is 1. The third kappa shape index (κ3) is 6.07. The van der Waals surface area contributed by atoms with Crippen LogP contribution >= 0.6 is 24.0 Å². The van der Waals surface area contributed by atoms with Crippen molar-refractivity contribution in [3.05, 3.63) is 30.1 Å². The Balaban J connectivity index is 0.00000320. The third-order valence-electron chi connectivity index (χ3n) is 4.92. The molecule has 0 spiro atoms. The number of guanidine groups is 1. The number of rotatable bonds is 6. The Morgan fingerprint density at radius 3 is 2.60 bits per heavy atom. The van der Waals surface area contributed by atoms with Gasteiger partial charge in [-0.15, -0.1) is 24.0 Å². The van der Waals surface area contributed by atoms with E-state index in [4.69, 9.17) is 9.47 Å². The second-order valence-electron chi connectivity index (χ2n) is 6.75. The SMILES string of the molecule is CCOC(=O)C1CCN(C(=NC)NCc2nc(-c3ccc(OC)cc3)n[nH]2)CC1.I. The zero-order valence-corrected chi connectivity index (χ0v) is 19.9. The minimum atomic E-state index is -0.0946. The summed E-state index contributed by atoms with van der Waals surface area (Å²) in [6.07, 6.45) is 1.53. The second-order valence-corrected chi connectivity index (χ2v) is 6.75.